The first-order valence-corrected chi connectivity index (χ1v) is 9.37. The number of rotatable bonds is 3. The van der Waals surface area contributed by atoms with Crippen LogP contribution in [0.15, 0.2) is 24.8 Å². The lowest BCUT2D eigenvalue weighted by molar-refractivity contribution is 0.516. The molecule has 1 nitrogen and oxygen atoms in total. The highest BCUT2D eigenvalue weighted by atomic mass is 28.4. The van der Waals surface area contributed by atoms with Crippen LogP contribution in [-0.2, 0) is 17.3 Å². The first-order chi connectivity index (χ1) is 7.46. The highest BCUT2D eigenvalue weighted by molar-refractivity contribution is 6.70. The molecule has 0 spiro atoms. The number of hydrogen-bond acceptors (Lipinski definition) is 1. The number of benzene rings is 1. The van der Waals surface area contributed by atoms with E-state index in [1.54, 1.807) is 0 Å². The lowest BCUT2D eigenvalue weighted by Gasteiger charge is -2.21. The second-order valence-electron chi connectivity index (χ2n) is 5.47. The molecule has 0 amide bonds. The minimum Gasteiger partial charge on any atom is -0.544 e. The van der Waals surface area contributed by atoms with Crippen molar-refractivity contribution in [2.75, 3.05) is 0 Å². The Morgan fingerprint density at radius 3 is 2.56 bits per heavy atom. The lowest BCUT2D eigenvalue weighted by Crippen LogP contribution is -2.24. The van der Waals surface area contributed by atoms with E-state index in [0.717, 1.165) is 11.3 Å². The van der Waals surface area contributed by atoms with Gasteiger partial charge >= 0.3 is 0 Å². The van der Waals surface area contributed by atoms with Gasteiger partial charge in [0, 0.05) is 5.56 Å². The SMILES string of the molecule is C=C(O[Si](C)(C)C)c1ccc2c(c1)CCC2. The molecule has 0 fully saturated rings. The van der Waals surface area contributed by atoms with Crippen LogP contribution in [0.2, 0.25) is 19.6 Å². The highest BCUT2D eigenvalue weighted by Gasteiger charge is 2.18. The third-order valence-electron chi connectivity index (χ3n) is 2.85. The zero-order valence-corrected chi connectivity index (χ0v) is 11.5. The van der Waals surface area contributed by atoms with Crippen molar-refractivity contribution in [3.63, 3.8) is 0 Å². The van der Waals surface area contributed by atoms with E-state index >= 15 is 0 Å². The van der Waals surface area contributed by atoms with Crippen molar-refractivity contribution >= 4 is 14.1 Å². The molecule has 1 aromatic carbocycles. The predicted molar refractivity (Wildman–Crippen MR) is 71.9 cm³/mol. The maximum atomic E-state index is 5.93. The van der Waals surface area contributed by atoms with Gasteiger partial charge in [0.2, 0.25) is 8.32 Å². The van der Waals surface area contributed by atoms with E-state index < -0.39 is 8.32 Å². The van der Waals surface area contributed by atoms with E-state index in [-0.39, 0.29) is 0 Å². The Bertz CT molecular complexity index is 415. The topological polar surface area (TPSA) is 9.23 Å². The summed E-state index contributed by atoms with van der Waals surface area (Å²) < 4.78 is 5.93. The highest BCUT2D eigenvalue weighted by Crippen LogP contribution is 2.27. The van der Waals surface area contributed by atoms with Crippen LogP contribution in [-0.4, -0.2) is 8.32 Å². The molecule has 0 N–H and O–H groups in total. The Hall–Kier alpha value is -1.02. The van der Waals surface area contributed by atoms with Crippen LogP contribution in [0.4, 0.5) is 0 Å². The van der Waals surface area contributed by atoms with Gasteiger partial charge in [0.15, 0.2) is 0 Å². The van der Waals surface area contributed by atoms with Gasteiger partial charge in [0.05, 0.1) is 0 Å². The molecule has 0 aliphatic heterocycles. The fourth-order valence-corrected chi connectivity index (χ4v) is 3.03. The number of aryl methyl sites for hydroxylation is 2. The molecule has 86 valence electrons. The summed E-state index contributed by atoms with van der Waals surface area (Å²) in [5.41, 5.74) is 4.14. The smallest absolute Gasteiger partial charge is 0.242 e. The molecule has 0 atom stereocenters. The quantitative estimate of drug-likeness (QED) is 0.565. The van der Waals surface area contributed by atoms with Crippen molar-refractivity contribution in [3.05, 3.63) is 41.5 Å². The zero-order chi connectivity index (χ0) is 11.8. The molecule has 16 heavy (non-hydrogen) atoms. The van der Waals surface area contributed by atoms with E-state index in [9.17, 15) is 0 Å². The van der Waals surface area contributed by atoms with Crippen LogP contribution >= 0.6 is 0 Å². The Kier molecular flexibility index (Phi) is 2.93. The number of hydrogen-bond donors (Lipinski definition) is 0. The van der Waals surface area contributed by atoms with Crippen molar-refractivity contribution in [3.8, 4) is 0 Å². The van der Waals surface area contributed by atoms with Gasteiger partial charge in [0.1, 0.15) is 5.76 Å². The molecule has 0 unspecified atom stereocenters. The van der Waals surface area contributed by atoms with Crippen LogP contribution in [0.25, 0.3) is 5.76 Å². The van der Waals surface area contributed by atoms with Crippen molar-refractivity contribution in [2.24, 2.45) is 0 Å². The van der Waals surface area contributed by atoms with Crippen LogP contribution in [0, 0.1) is 0 Å². The van der Waals surface area contributed by atoms with Gasteiger partial charge < -0.3 is 4.43 Å². The fourth-order valence-electron chi connectivity index (χ4n) is 2.17. The molecule has 0 radical (unpaired) electrons. The minimum atomic E-state index is -1.53. The molecule has 0 saturated carbocycles. The monoisotopic (exact) mass is 232 g/mol. The summed E-state index contributed by atoms with van der Waals surface area (Å²) in [6.45, 7) is 10.6. The Morgan fingerprint density at radius 1 is 1.19 bits per heavy atom. The van der Waals surface area contributed by atoms with Gasteiger partial charge in [-0.15, -0.1) is 0 Å². The predicted octanol–water partition coefficient (Wildman–Crippen LogP) is 4.00. The van der Waals surface area contributed by atoms with Crippen LogP contribution in [0.3, 0.4) is 0 Å². The number of fused-ring (bicyclic) bond motifs is 1. The minimum absolute atomic E-state index is 0.842. The van der Waals surface area contributed by atoms with Crippen molar-refractivity contribution in [1.82, 2.24) is 0 Å². The van der Waals surface area contributed by atoms with E-state index in [0.29, 0.717) is 0 Å². The average Bonchev–Trinajstić information content (AvgIpc) is 2.61. The standard InChI is InChI=1S/C14H20OSi/c1-11(15-16(2,3)4)13-9-8-12-6-5-7-14(12)10-13/h8-10H,1,5-7H2,2-4H3. The van der Waals surface area contributed by atoms with Gasteiger partial charge in [-0.1, -0.05) is 18.7 Å². The van der Waals surface area contributed by atoms with Gasteiger partial charge in [-0.05, 0) is 56.1 Å². The molecular weight excluding hydrogens is 212 g/mol. The molecule has 0 heterocycles. The van der Waals surface area contributed by atoms with Gasteiger partial charge in [-0.3, -0.25) is 0 Å². The van der Waals surface area contributed by atoms with Gasteiger partial charge in [-0.25, -0.2) is 0 Å². The van der Waals surface area contributed by atoms with Crippen molar-refractivity contribution in [1.29, 1.82) is 0 Å². The van der Waals surface area contributed by atoms with Crippen molar-refractivity contribution < 1.29 is 4.43 Å². The second-order valence-corrected chi connectivity index (χ2v) is 9.90. The van der Waals surface area contributed by atoms with E-state index in [4.69, 9.17) is 4.43 Å². The van der Waals surface area contributed by atoms with Crippen LogP contribution in [0.5, 0.6) is 0 Å². The van der Waals surface area contributed by atoms with E-state index in [1.807, 2.05) is 0 Å². The summed E-state index contributed by atoms with van der Waals surface area (Å²) in [6, 6.07) is 6.63. The third-order valence-corrected chi connectivity index (χ3v) is 3.71. The average molecular weight is 232 g/mol. The summed E-state index contributed by atoms with van der Waals surface area (Å²) >= 11 is 0. The molecule has 1 aliphatic carbocycles. The molecule has 0 saturated heterocycles. The summed E-state index contributed by atoms with van der Waals surface area (Å²) in [6.07, 6.45) is 3.74. The summed E-state index contributed by atoms with van der Waals surface area (Å²) in [7, 11) is -1.53. The second kappa shape index (κ2) is 4.09. The van der Waals surface area contributed by atoms with Gasteiger partial charge in [-0.2, -0.15) is 0 Å². The molecule has 1 aliphatic rings. The van der Waals surface area contributed by atoms with E-state index in [1.165, 1.54) is 30.4 Å². The Balaban J connectivity index is 2.19. The maximum Gasteiger partial charge on any atom is 0.242 e. The first kappa shape index (κ1) is 11.5. The van der Waals surface area contributed by atoms with Crippen LogP contribution in [0.1, 0.15) is 23.1 Å². The fraction of sp³-hybridized carbons (Fsp3) is 0.429. The van der Waals surface area contributed by atoms with E-state index in [2.05, 4.69) is 44.4 Å². The lowest BCUT2D eigenvalue weighted by atomic mass is 10.1. The Morgan fingerprint density at radius 2 is 1.88 bits per heavy atom. The third kappa shape index (κ3) is 2.56. The molecule has 0 aromatic heterocycles. The molecule has 2 heteroatoms. The molecular formula is C14H20OSi. The summed E-state index contributed by atoms with van der Waals surface area (Å²) in [5.74, 6) is 0.842. The van der Waals surface area contributed by atoms with Gasteiger partial charge in [0.25, 0.3) is 0 Å². The largest absolute Gasteiger partial charge is 0.544 e. The zero-order valence-electron chi connectivity index (χ0n) is 10.5. The maximum absolute atomic E-state index is 5.93. The van der Waals surface area contributed by atoms with Crippen LogP contribution < -0.4 is 0 Å². The molecule has 2 rings (SSSR count). The van der Waals surface area contributed by atoms with Crippen molar-refractivity contribution in [2.45, 2.75) is 38.9 Å². The molecule has 1 aromatic rings. The summed E-state index contributed by atoms with van der Waals surface area (Å²) in [5, 5.41) is 0. The Labute approximate surface area is 99.3 Å². The summed E-state index contributed by atoms with van der Waals surface area (Å²) in [4.78, 5) is 0. The normalized spacial score (nSPS) is 14.7. The molecule has 0 bridgehead atoms. The first-order valence-electron chi connectivity index (χ1n) is 5.96.